The summed E-state index contributed by atoms with van der Waals surface area (Å²) in [6.45, 7) is 5.06. The van der Waals surface area contributed by atoms with Crippen LogP contribution >= 0.6 is 11.6 Å². The summed E-state index contributed by atoms with van der Waals surface area (Å²) in [7, 11) is 0. The number of rotatable bonds is 6. The number of amides is 1. The summed E-state index contributed by atoms with van der Waals surface area (Å²) in [5, 5.41) is 12.3. The van der Waals surface area contributed by atoms with Crippen molar-refractivity contribution < 1.29 is 14.7 Å². The predicted octanol–water partition coefficient (Wildman–Crippen LogP) is 2.75. The van der Waals surface area contributed by atoms with Gasteiger partial charge in [-0.05, 0) is 31.9 Å². The lowest BCUT2D eigenvalue weighted by atomic mass is 9.93. The van der Waals surface area contributed by atoms with E-state index in [2.05, 4.69) is 5.32 Å². The number of carbonyl (C=O) groups excluding carboxylic acids is 1. The first-order valence-electron chi connectivity index (χ1n) is 6.48. The Morgan fingerprint density at radius 2 is 1.95 bits per heavy atom. The first-order chi connectivity index (χ1) is 9.24. The highest BCUT2D eigenvalue weighted by Gasteiger charge is 2.28. The largest absolute Gasteiger partial charge is 0.481 e. The van der Waals surface area contributed by atoms with E-state index < -0.39 is 11.4 Å². The maximum atomic E-state index is 12.0. The smallest absolute Gasteiger partial charge is 0.310 e. The van der Waals surface area contributed by atoms with Crippen LogP contribution in [-0.2, 0) is 16.0 Å². The van der Waals surface area contributed by atoms with Gasteiger partial charge in [0, 0.05) is 17.5 Å². The van der Waals surface area contributed by atoms with E-state index in [0.717, 1.165) is 5.56 Å². The fraction of sp³-hybridized carbons (Fsp3) is 0.467. The molecule has 0 aliphatic rings. The van der Waals surface area contributed by atoms with Gasteiger partial charge in [-0.15, -0.1) is 0 Å². The van der Waals surface area contributed by atoms with Crippen LogP contribution in [0, 0.1) is 11.3 Å². The lowest BCUT2D eigenvalue weighted by Crippen LogP contribution is -2.41. The quantitative estimate of drug-likeness (QED) is 0.848. The van der Waals surface area contributed by atoms with Crippen LogP contribution in [0.25, 0.3) is 0 Å². The number of hydrogen-bond acceptors (Lipinski definition) is 2. The van der Waals surface area contributed by atoms with Gasteiger partial charge >= 0.3 is 5.97 Å². The number of benzene rings is 1. The molecule has 0 radical (unpaired) electrons. The molecule has 5 heteroatoms. The molecule has 2 N–H and O–H groups in total. The molecule has 0 fully saturated rings. The van der Waals surface area contributed by atoms with Crippen molar-refractivity contribution in [2.24, 2.45) is 11.3 Å². The van der Waals surface area contributed by atoms with Gasteiger partial charge in [-0.3, -0.25) is 9.59 Å². The van der Waals surface area contributed by atoms with Crippen molar-refractivity contribution in [2.75, 3.05) is 6.54 Å². The zero-order valence-electron chi connectivity index (χ0n) is 11.9. The Hall–Kier alpha value is -1.55. The summed E-state index contributed by atoms with van der Waals surface area (Å²) in [6, 6.07) is 7.38. The van der Waals surface area contributed by atoms with Crippen LogP contribution in [0.1, 0.15) is 26.3 Å². The number of halogens is 1. The van der Waals surface area contributed by atoms with Crippen LogP contribution < -0.4 is 5.32 Å². The molecule has 0 aliphatic heterocycles. The molecule has 1 amide bonds. The summed E-state index contributed by atoms with van der Waals surface area (Å²) in [6.07, 6.45) is 0.527. The fourth-order valence-electron chi connectivity index (χ4n) is 1.64. The van der Waals surface area contributed by atoms with Crippen LogP contribution in [0.5, 0.6) is 0 Å². The summed E-state index contributed by atoms with van der Waals surface area (Å²) in [5.41, 5.74) is -0.0610. The van der Waals surface area contributed by atoms with E-state index in [-0.39, 0.29) is 18.4 Å². The molecule has 1 unspecified atom stereocenters. The molecular weight excluding hydrogens is 278 g/mol. The van der Waals surface area contributed by atoms with Gasteiger partial charge in [0.2, 0.25) is 5.91 Å². The molecule has 0 heterocycles. The Bertz CT molecular complexity index is 500. The van der Waals surface area contributed by atoms with E-state index in [1.807, 2.05) is 18.2 Å². The highest BCUT2D eigenvalue weighted by Crippen LogP contribution is 2.19. The number of aliphatic carboxylic acids is 1. The SMILES string of the molecule is CC(Cc1ccccc1Cl)C(=O)NCC(C)(C)C(=O)O. The van der Waals surface area contributed by atoms with Gasteiger partial charge in [-0.1, -0.05) is 36.7 Å². The van der Waals surface area contributed by atoms with Gasteiger partial charge < -0.3 is 10.4 Å². The predicted molar refractivity (Wildman–Crippen MR) is 78.7 cm³/mol. The molecule has 0 saturated heterocycles. The second-order valence-corrected chi connectivity index (χ2v) is 6.01. The summed E-state index contributed by atoms with van der Waals surface area (Å²) >= 11 is 6.05. The number of carboxylic acid groups (broad SMARTS) is 1. The molecule has 0 bridgehead atoms. The van der Waals surface area contributed by atoms with Crippen LogP contribution in [0.15, 0.2) is 24.3 Å². The highest BCUT2D eigenvalue weighted by atomic mass is 35.5. The first-order valence-corrected chi connectivity index (χ1v) is 6.86. The Morgan fingerprint density at radius 1 is 1.35 bits per heavy atom. The van der Waals surface area contributed by atoms with Crippen LogP contribution in [0.3, 0.4) is 0 Å². The Labute approximate surface area is 124 Å². The molecule has 4 nitrogen and oxygen atoms in total. The summed E-state index contributed by atoms with van der Waals surface area (Å²) in [5.74, 6) is -1.37. The minimum Gasteiger partial charge on any atom is -0.481 e. The maximum absolute atomic E-state index is 12.0. The molecule has 20 heavy (non-hydrogen) atoms. The number of carboxylic acids is 1. The highest BCUT2D eigenvalue weighted by molar-refractivity contribution is 6.31. The van der Waals surface area contributed by atoms with Crippen molar-refractivity contribution in [3.8, 4) is 0 Å². The Kier molecular flexibility index (Phi) is 5.57. The third kappa shape index (κ3) is 4.53. The third-order valence-electron chi connectivity index (χ3n) is 3.22. The van der Waals surface area contributed by atoms with E-state index in [1.165, 1.54) is 0 Å². The van der Waals surface area contributed by atoms with E-state index in [9.17, 15) is 9.59 Å². The number of carbonyl (C=O) groups is 2. The molecule has 1 rings (SSSR count). The van der Waals surface area contributed by atoms with Crippen molar-refractivity contribution in [3.05, 3.63) is 34.9 Å². The molecule has 1 atom stereocenters. The first kappa shape index (κ1) is 16.5. The van der Waals surface area contributed by atoms with Crippen molar-refractivity contribution in [1.82, 2.24) is 5.32 Å². The zero-order chi connectivity index (χ0) is 15.3. The molecule has 110 valence electrons. The minimum absolute atomic E-state index is 0.105. The van der Waals surface area contributed by atoms with E-state index in [4.69, 9.17) is 16.7 Å². The zero-order valence-corrected chi connectivity index (χ0v) is 12.7. The molecule has 0 aliphatic carbocycles. The molecule has 0 saturated carbocycles. The van der Waals surface area contributed by atoms with Gasteiger partial charge in [0.1, 0.15) is 0 Å². The molecule has 1 aromatic carbocycles. The van der Waals surface area contributed by atoms with E-state index in [1.54, 1.807) is 26.8 Å². The van der Waals surface area contributed by atoms with Crippen molar-refractivity contribution in [2.45, 2.75) is 27.2 Å². The number of hydrogen-bond donors (Lipinski definition) is 2. The van der Waals surface area contributed by atoms with Gasteiger partial charge in [-0.2, -0.15) is 0 Å². The fourth-order valence-corrected chi connectivity index (χ4v) is 1.86. The Morgan fingerprint density at radius 3 is 2.50 bits per heavy atom. The van der Waals surface area contributed by atoms with Crippen LogP contribution in [0.4, 0.5) is 0 Å². The van der Waals surface area contributed by atoms with Crippen LogP contribution in [0.2, 0.25) is 5.02 Å². The van der Waals surface area contributed by atoms with Gasteiger partial charge in [-0.25, -0.2) is 0 Å². The van der Waals surface area contributed by atoms with Crippen molar-refractivity contribution >= 4 is 23.5 Å². The van der Waals surface area contributed by atoms with Crippen LogP contribution in [-0.4, -0.2) is 23.5 Å². The number of nitrogens with one attached hydrogen (secondary N) is 1. The lowest BCUT2D eigenvalue weighted by Gasteiger charge is -2.21. The molecular formula is C15H20ClNO3. The van der Waals surface area contributed by atoms with Gasteiger partial charge in [0.15, 0.2) is 0 Å². The second kappa shape index (κ2) is 6.75. The molecule has 0 spiro atoms. The summed E-state index contributed by atoms with van der Waals surface area (Å²) in [4.78, 5) is 23.0. The topological polar surface area (TPSA) is 66.4 Å². The van der Waals surface area contributed by atoms with Crippen molar-refractivity contribution in [1.29, 1.82) is 0 Å². The van der Waals surface area contributed by atoms with E-state index in [0.29, 0.717) is 11.4 Å². The average molecular weight is 298 g/mol. The second-order valence-electron chi connectivity index (χ2n) is 5.60. The van der Waals surface area contributed by atoms with E-state index >= 15 is 0 Å². The van der Waals surface area contributed by atoms with Gasteiger partial charge in [0.05, 0.1) is 5.41 Å². The maximum Gasteiger partial charge on any atom is 0.310 e. The minimum atomic E-state index is -0.972. The molecule has 1 aromatic rings. The standard InChI is InChI=1S/C15H20ClNO3/c1-10(8-11-6-4-5-7-12(11)16)13(18)17-9-15(2,3)14(19)20/h4-7,10H,8-9H2,1-3H3,(H,17,18)(H,19,20). The van der Waals surface area contributed by atoms with Crippen molar-refractivity contribution in [3.63, 3.8) is 0 Å². The summed E-state index contributed by atoms with van der Waals surface area (Å²) < 4.78 is 0. The monoisotopic (exact) mass is 297 g/mol. The van der Waals surface area contributed by atoms with Gasteiger partial charge in [0.25, 0.3) is 0 Å². The molecule has 0 aromatic heterocycles. The Balaban J connectivity index is 2.56. The normalized spacial score (nSPS) is 12.8. The lowest BCUT2D eigenvalue weighted by molar-refractivity contribution is -0.146. The third-order valence-corrected chi connectivity index (χ3v) is 3.58. The average Bonchev–Trinajstić information content (AvgIpc) is 2.38.